The number of esters is 1. The van der Waals surface area contributed by atoms with Crippen LogP contribution in [0.1, 0.15) is 33.2 Å². The first kappa shape index (κ1) is 21.1. The number of nitrogens with zero attached hydrogens (tertiary/aromatic N) is 3. The largest absolute Gasteiger partial charge is 0.489 e. The van der Waals surface area contributed by atoms with Gasteiger partial charge in [-0.2, -0.15) is 0 Å². The van der Waals surface area contributed by atoms with Crippen LogP contribution >= 0.6 is 15.9 Å². The average molecular weight is 484 g/mol. The molecule has 1 aliphatic rings. The highest BCUT2D eigenvalue weighted by Gasteiger charge is 2.33. The van der Waals surface area contributed by atoms with Crippen molar-refractivity contribution in [3.63, 3.8) is 0 Å². The van der Waals surface area contributed by atoms with E-state index in [1.807, 2.05) is 30.3 Å². The first-order chi connectivity index (χ1) is 15.0. The van der Waals surface area contributed by atoms with E-state index in [2.05, 4.69) is 44.0 Å². The molecule has 0 amide bonds. The number of aromatic nitrogens is 2. The minimum absolute atomic E-state index is 0.130. The molecule has 0 saturated carbocycles. The first-order valence-electron chi connectivity index (χ1n) is 9.79. The minimum atomic E-state index is -0.716. The summed E-state index contributed by atoms with van der Waals surface area (Å²) in [7, 11) is 4.22. The van der Waals surface area contributed by atoms with E-state index in [1.165, 1.54) is 24.4 Å². The van der Waals surface area contributed by atoms with E-state index in [-0.39, 0.29) is 17.5 Å². The van der Waals surface area contributed by atoms with Crippen LogP contribution in [0.25, 0.3) is 0 Å². The van der Waals surface area contributed by atoms with Crippen LogP contribution in [0.2, 0.25) is 0 Å². The van der Waals surface area contributed by atoms with Gasteiger partial charge in [0.25, 0.3) is 5.56 Å². The number of carbonyl (C=O) groups is 1. The Morgan fingerprint density at radius 1 is 1.16 bits per heavy atom. The highest BCUT2D eigenvalue weighted by Crippen LogP contribution is 2.38. The smallest absolute Gasteiger partial charge is 0.360 e. The van der Waals surface area contributed by atoms with Crippen molar-refractivity contribution in [2.24, 2.45) is 7.05 Å². The van der Waals surface area contributed by atoms with Crippen molar-refractivity contribution in [2.45, 2.75) is 12.5 Å². The number of benzene rings is 2. The van der Waals surface area contributed by atoms with E-state index in [4.69, 9.17) is 9.47 Å². The molecule has 2 heterocycles. The normalized spacial score (nSPS) is 15.4. The molecule has 1 aliphatic heterocycles. The van der Waals surface area contributed by atoms with Gasteiger partial charge in [0.1, 0.15) is 0 Å². The van der Waals surface area contributed by atoms with Gasteiger partial charge in [0.15, 0.2) is 5.69 Å². The number of halogens is 1. The van der Waals surface area contributed by atoms with Crippen LogP contribution in [0.5, 0.6) is 5.75 Å². The number of hydrogen-bond acceptors (Lipinski definition) is 6. The molecule has 3 aromatic rings. The van der Waals surface area contributed by atoms with Crippen LogP contribution in [0, 0.1) is 0 Å². The van der Waals surface area contributed by atoms with Gasteiger partial charge in [0.05, 0.1) is 20.3 Å². The second-order valence-corrected chi connectivity index (χ2v) is 8.16. The van der Waals surface area contributed by atoms with E-state index < -0.39 is 11.5 Å². The summed E-state index contributed by atoms with van der Waals surface area (Å²) in [6.45, 7) is 0.626. The lowest BCUT2D eigenvalue weighted by Gasteiger charge is -2.39. The molecule has 31 heavy (non-hydrogen) atoms. The highest BCUT2D eigenvalue weighted by atomic mass is 79.9. The molecule has 0 N–H and O–H groups in total. The summed E-state index contributed by atoms with van der Waals surface area (Å²) in [5, 5.41) is 0. The van der Waals surface area contributed by atoms with Gasteiger partial charge in [-0.1, -0.05) is 52.3 Å². The Labute approximate surface area is 188 Å². The quantitative estimate of drug-likeness (QED) is 0.528. The first-order valence-corrected chi connectivity index (χ1v) is 10.6. The van der Waals surface area contributed by atoms with E-state index >= 15 is 0 Å². The molecule has 8 heteroatoms. The summed E-state index contributed by atoms with van der Waals surface area (Å²) in [5.74, 6) is -0.465. The van der Waals surface area contributed by atoms with E-state index in [0.29, 0.717) is 12.5 Å². The van der Waals surface area contributed by atoms with Gasteiger partial charge < -0.3 is 14.4 Å². The highest BCUT2D eigenvalue weighted by molar-refractivity contribution is 9.10. The lowest BCUT2D eigenvalue weighted by molar-refractivity contribution is 0.0589. The summed E-state index contributed by atoms with van der Waals surface area (Å²) in [6, 6.07) is 16.1. The molecule has 1 aromatic heterocycles. The number of fused-ring (bicyclic) bond motifs is 1. The zero-order chi connectivity index (χ0) is 22.1. The molecule has 2 aromatic carbocycles. The summed E-state index contributed by atoms with van der Waals surface area (Å²) in [5.41, 5.74) is 2.85. The second-order valence-electron chi connectivity index (χ2n) is 7.25. The number of carbonyl (C=O) groups excluding carboxylic acids is 1. The van der Waals surface area contributed by atoms with Gasteiger partial charge in [0.2, 0.25) is 11.7 Å². The maximum atomic E-state index is 13.0. The standard InChI is InChI=1S/C23H22BrN3O4/c1-26-21(28)20(30-2)18(22(29)31-3)25-23(26)27-12-11-14-7-4-5-10-17(14)19(27)15-8-6-9-16(24)13-15/h4-10,13,19H,11-12H2,1-3H3. The Balaban J connectivity index is 1.95. The predicted molar refractivity (Wildman–Crippen MR) is 121 cm³/mol. The van der Waals surface area contributed by atoms with Gasteiger partial charge in [-0.25, -0.2) is 9.78 Å². The minimum Gasteiger partial charge on any atom is -0.489 e. The topological polar surface area (TPSA) is 73.7 Å². The molecule has 0 radical (unpaired) electrons. The monoisotopic (exact) mass is 483 g/mol. The number of ether oxygens (including phenoxy) is 2. The zero-order valence-electron chi connectivity index (χ0n) is 17.5. The Hall–Kier alpha value is -3.13. The summed E-state index contributed by atoms with van der Waals surface area (Å²) >= 11 is 3.56. The molecule has 0 spiro atoms. The SMILES string of the molecule is COC(=O)c1nc(N2CCc3ccccc3C2c2cccc(Br)c2)n(C)c(=O)c1OC. The van der Waals surface area contributed by atoms with E-state index in [1.54, 1.807) is 7.05 Å². The van der Waals surface area contributed by atoms with Gasteiger partial charge in [-0.05, 0) is 35.2 Å². The summed E-state index contributed by atoms with van der Waals surface area (Å²) < 4.78 is 12.4. The lowest BCUT2D eigenvalue weighted by Crippen LogP contribution is -2.41. The van der Waals surface area contributed by atoms with Crippen LogP contribution in [0.15, 0.2) is 57.8 Å². The fourth-order valence-electron chi connectivity index (χ4n) is 4.06. The average Bonchev–Trinajstić information content (AvgIpc) is 2.79. The Morgan fingerprint density at radius 3 is 2.65 bits per heavy atom. The van der Waals surface area contributed by atoms with Crippen LogP contribution in [-0.2, 0) is 18.2 Å². The number of rotatable bonds is 4. The van der Waals surface area contributed by atoms with Gasteiger partial charge >= 0.3 is 5.97 Å². The molecule has 0 aliphatic carbocycles. The summed E-state index contributed by atoms with van der Waals surface area (Å²) in [4.78, 5) is 32.0. The molecule has 0 bridgehead atoms. The van der Waals surface area contributed by atoms with Crippen molar-refractivity contribution in [3.8, 4) is 5.75 Å². The van der Waals surface area contributed by atoms with Gasteiger partial charge in [0, 0.05) is 18.1 Å². The third-order valence-electron chi connectivity index (χ3n) is 5.51. The van der Waals surface area contributed by atoms with Crippen molar-refractivity contribution in [3.05, 3.63) is 85.7 Å². The van der Waals surface area contributed by atoms with Crippen molar-refractivity contribution in [1.29, 1.82) is 0 Å². The van der Waals surface area contributed by atoms with Gasteiger partial charge in [-0.15, -0.1) is 0 Å². The summed E-state index contributed by atoms with van der Waals surface area (Å²) in [6.07, 6.45) is 0.788. The lowest BCUT2D eigenvalue weighted by atomic mass is 9.88. The maximum absolute atomic E-state index is 13.0. The predicted octanol–water partition coefficient (Wildman–Crippen LogP) is 3.49. The molecular formula is C23H22BrN3O4. The molecule has 7 nitrogen and oxygen atoms in total. The Morgan fingerprint density at radius 2 is 1.94 bits per heavy atom. The van der Waals surface area contributed by atoms with E-state index in [9.17, 15) is 9.59 Å². The number of methoxy groups -OCH3 is 2. The van der Waals surface area contributed by atoms with Crippen molar-refractivity contribution in [1.82, 2.24) is 9.55 Å². The van der Waals surface area contributed by atoms with Crippen LogP contribution < -0.4 is 15.2 Å². The van der Waals surface area contributed by atoms with Crippen LogP contribution in [0.4, 0.5) is 5.95 Å². The maximum Gasteiger partial charge on any atom is 0.360 e. The fourth-order valence-corrected chi connectivity index (χ4v) is 4.48. The second kappa shape index (κ2) is 8.55. The third kappa shape index (κ3) is 3.72. The van der Waals surface area contributed by atoms with Crippen molar-refractivity contribution >= 4 is 27.8 Å². The third-order valence-corrected chi connectivity index (χ3v) is 6.01. The Kier molecular flexibility index (Phi) is 5.82. The molecule has 0 saturated heterocycles. The van der Waals surface area contributed by atoms with Crippen LogP contribution in [0.3, 0.4) is 0 Å². The van der Waals surface area contributed by atoms with Gasteiger partial charge in [-0.3, -0.25) is 9.36 Å². The van der Waals surface area contributed by atoms with Crippen molar-refractivity contribution < 1.29 is 14.3 Å². The molecule has 1 atom stereocenters. The van der Waals surface area contributed by atoms with Crippen LogP contribution in [-0.4, -0.2) is 36.3 Å². The molecule has 160 valence electrons. The Bertz CT molecular complexity index is 1210. The number of anilines is 1. The van der Waals surface area contributed by atoms with Crippen molar-refractivity contribution in [2.75, 3.05) is 25.7 Å². The fraction of sp³-hybridized carbons (Fsp3) is 0.261. The molecule has 1 unspecified atom stereocenters. The zero-order valence-corrected chi connectivity index (χ0v) is 19.0. The molecular weight excluding hydrogens is 462 g/mol. The molecule has 0 fully saturated rings. The van der Waals surface area contributed by atoms with E-state index in [0.717, 1.165) is 22.0 Å². The molecule has 4 rings (SSSR count). The number of hydrogen-bond donors (Lipinski definition) is 0.